The zero-order valence-corrected chi connectivity index (χ0v) is 16.0. The zero-order valence-electron chi connectivity index (χ0n) is 16.0. The van der Waals surface area contributed by atoms with E-state index in [4.69, 9.17) is 5.11 Å². The minimum Gasteiger partial charge on any atom is -0.511 e. The molecule has 1 saturated heterocycles. The molecule has 0 saturated carbocycles. The molecule has 1 aliphatic rings. The number of carbonyl (C=O) groups is 2. The molecule has 7 heteroatoms. The number of aromatic hydroxyl groups is 1. The van der Waals surface area contributed by atoms with Gasteiger partial charge in [0.2, 0.25) is 0 Å². The minimum absolute atomic E-state index is 0.0211. The Balaban J connectivity index is 2.14. The number of hydrogen-bond acceptors (Lipinski definition) is 6. The van der Waals surface area contributed by atoms with Gasteiger partial charge in [-0.1, -0.05) is 38.1 Å². The largest absolute Gasteiger partial charge is 0.511 e. The summed E-state index contributed by atoms with van der Waals surface area (Å²) in [6.07, 6.45) is 3.45. The fourth-order valence-corrected chi connectivity index (χ4v) is 3.34. The lowest BCUT2D eigenvalue weighted by atomic mass is 9.90. The van der Waals surface area contributed by atoms with E-state index >= 15 is 0 Å². The number of hydrogen-bond donors (Lipinski definition) is 5. The lowest BCUT2D eigenvalue weighted by molar-refractivity contribution is -0.118. The van der Waals surface area contributed by atoms with Crippen LogP contribution in [-0.2, 0) is 9.59 Å². The van der Waals surface area contributed by atoms with Crippen LogP contribution < -0.4 is 5.32 Å². The molecule has 0 aliphatic carbocycles. The summed E-state index contributed by atoms with van der Waals surface area (Å²) in [7, 11) is 0. The van der Waals surface area contributed by atoms with E-state index in [-0.39, 0.29) is 29.6 Å². The van der Waals surface area contributed by atoms with E-state index in [1.54, 1.807) is 13.0 Å². The summed E-state index contributed by atoms with van der Waals surface area (Å²) in [4.78, 5) is 25.0. The van der Waals surface area contributed by atoms with Crippen molar-refractivity contribution < 1.29 is 30.0 Å². The number of allylic oxidation sites excluding steroid dienone is 2. The summed E-state index contributed by atoms with van der Waals surface area (Å²) in [5.41, 5.74) is 0.0583. The summed E-state index contributed by atoms with van der Waals surface area (Å²) < 4.78 is 0. The molecule has 7 nitrogen and oxygen atoms in total. The number of carbonyl (C=O) groups excluding carboxylic acids is 2. The fraction of sp³-hybridized carbons (Fsp3) is 0.429. The number of Topliss-reactive ketones (excluding diaryl/α,β-unsaturated/α-hetero) is 1. The summed E-state index contributed by atoms with van der Waals surface area (Å²) in [6, 6.07) is 4.49. The van der Waals surface area contributed by atoms with E-state index in [9.17, 15) is 24.9 Å². The second-order valence-electron chi connectivity index (χ2n) is 7.24. The predicted octanol–water partition coefficient (Wildman–Crippen LogP) is 1.91. The van der Waals surface area contributed by atoms with Crippen LogP contribution in [-0.4, -0.2) is 44.8 Å². The van der Waals surface area contributed by atoms with Crippen molar-refractivity contribution in [3.05, 3.63) is 53.3 Å². The molecule has 0 spiro atoms. The van der Waals surface area contributed by atoms with Crippen LogP contribution >= 0.6 is 0 Å². The van der Waals surface area contributed by atoms with Gasteiger partial charge in [-0.3, -0.25) is 9.59 Å². The van der Waals surface area contributed by atoms with Gasteiger partial charge < -0.3 is 25.7 Å². The Labute approximate surface area is 164 Å². The molecule has 152 valence electrons. The smallest absolute Gasteiger partial charge is 0.259 e. The maximum atomic E-state index is 12.7. The number of ketones is 1. The Kier molecular flexibility index (Phi) is 7.37. The molecule has 1 aromatic rings. The number of rotatable bonds is 8. The highest BCUT2D eigenvalue weighted by Gasteiger charge is 2.43. The van der Waals surface area contributed by atoms with E-state index in [2.05, 4.69) is 5.32 Å². The van der Waals surface area contributed by atoms with Crippen molar-refractivity contribution in [1.29, 1.82) is 0 Å². The number of phenolic OH excluding ortho intramolecular Hbond substituents is 1. The Morgan fingerprint density at radius 2 is 1.82 bits per heavy atom. The van der Waals surface area contributed by atoms with Gasteiger partial charge >= 0.3 is 0 Å². The molecule has 28 heavy (non-hydrogen) atoms. The number of aliphatic hydroxyl groups excluding tert-OH is 3. The van der Waals surface area contributed by atoms with Crippen molar-refractivity contribution in [2.75, 3.05) is 6.61 Å². The molecular formula is C21H27NO6. The third-order valence-electron chi connectivity index (χ3n) is 4.88. The highest BCUT2D eigenvalue weighted by molar-refractivity contribution is 6.27. The summed E-state index contributed by atoms with van der Waals surface area (Å²) in [5.74, 6) is -1.84. The molecule has 0 bridgehead atoms. The van der Waals surface area contributed by atoms with Crippen LogP contribution in [0.2, 0.25) is 0 Å². The molecule has 1 aliphatic heterocycles. The molecule has 0 radical (unpaired) electrons. The molecule has 1 aromatic carbocycles. The van der Waals surface area contributed by atoms with Crippen LogP contribution in [0.4, 0.5) is 0 Å². The van der Waals surface area contributed by atoms with Gasteiger partial charge in [0.25, 0.3) is 5.91 Å². The average molecular weight is 389 g/mol. The van der Waals surface area contributed by atoms with Gasteiger partial charge in [0.15, 0.2) is 5.78 Å². The second kappa shape index (κ2) is 9.52. The Morgan fingerprint density at radius 1 is 1.18 bits per heavy atom. The first-order valence-electron chi connectivity index (χ1n) is 9.27. The summed E-state index contributed by atoms with van der Waals surface area (Å²) >= 11 is 0. The molecular weight excluding hydrogens is 362 g/mol. The van der Waals surface area contributed by atoms with Crippen molar-refractivity contribution >= 4 is 11.7 Å². The predicted molar refractivity (Wildman–Crippen MR) is 103 cm³/mol. The maximum absolute atomic E-state index is 12.7. The quantitative estimate of drug-likeness (QED) is 0.200. The third kappa shape index (κ3) is 4.99. The Morgan fingerprint density at radius 3 is 2.43 bits per heavy atom. The van der Waals surface area contributed by atoms with Crippen molar-refractivity contribution in [3.63, 3.8) is 0 Å². The van der Waals surface area contributed by atoms with E-state index in [1.807, 2.05) is 13.0 Å². The number of phenols is 1. The molecule has 1 amide bonds. The first kappa shape index (κ1) is 21.7. The van der Waals surface area contributed by atoms with E-state index in [1.165, 1.54) is 24.3 Å². The van der Waals surface area contributed by atoms with Crippen LogP contribution in [0.15, 0.2) is 47.7 Å². The second-order valence-corrected chi connectivity index (χ2v) is 7.24. The average Bonchev–Trinajstić information content (AvgIpc) is 2.95. The van der Waals surface area contributed by atoms with Gasteiger partial charge in [0, 0.05) is 5.92 Å². The van der Waals surface area contributed by atoms with Crippen LogP contribution in [0.5, 0.6) is 5.75 Å². The van der Waals surface area contributed by atoms with Crippen LogP contribution in [0.1, 0.15) is 38.4 Å². The van der Waals surface area contributed by atoms with Crippen molar-refractivity contribution in [3.8, 4) is 5.75 Å². The number of benzene rings is 1. The first-order valence-corrected chi connectivity index (χ1v) is 9.27. The molecule has 4 atom stereocenters. The SMILES string of the molecule is C[C@@H](C/C=C/CO)C[C@H](C)/C(O)=C1/C(=O)N[C@@H]([C@@H](O)c2ccc(O)cc2)C1=O. The number of aliphatic hydroxyl groups is 3. The van der Waals surface area contributed by atoms with Gasteiger partial charge in [-0.2, -0.15) is 0 Å². The monoisotopic (exact) mass is 389 g/mol. The molecule has 0 aromatic heterocycles. The third-order valence-corrected chi connectivity index (χ3v) is 4.88. The maximum Gasteiger partial charge on any atom is 0.259 e. The Bertz CT molecular complexity index is 768. The number of nitrogens with one attached hydrogen (secondary N) is 1. The topological polar surface area (TPSA) is 127 Å². The van der Waals surface area contributed by atoms with E-state index < -0.39 is 29.8 Å². The lowest BCUT2D eigenvalue weighted by Gasteiger charge is -2.17. The first-order chi connectivity index (χ1) is 13.3. The Hall–Kier alpha value is -2.64. The minimum atomic E-state index is -1.29. The van der Waals surface area contributed by atoms with Gasteiger partial charge in [0.05, 0.1) is 6.61 Å². The van der Waals surface area contributed by atoms with Crippen molar-refractivity contribution in [2.45, 2.75) is 38.8 Å². The van der Waals surface area contributed by atoms with Crippen molar-refractivity contribution in [2.24, 2.45) is 11.8 Å². The van der Waals surface area contributed by atoms with Crippen LogP contribution in [0.3, 0.4) is 0 Å². The zero-order chi connectivity index (χ0) is 20.8. The normalized spacial score (nSPS) is 22.2. The lowest BCUT2D eigenvalue weighted by Crippen LogP contribution is -2.35. The van der Waals surface area contributed by atoms with Gasteiger partial charge in [-0.15, -0.1) is 0 Å². The highest BCUT2D eigenvalue weighted by Crippen LogP contribution is 2.29. The highest BCUT2D eigenvalue weighted by atomic mass is 16.3. The fourth-order valence-electron chi connectivity index (χ4n) is 3.34. The molecule has 1 heterocycles. The molecule has 5 N–H and O–H groups in total. The van der Waals surface area contributed by atoms with Crippen molar-refractivity contribution in [1.82, 2.24) is 5.32 Å². The number of amides is 1. The van der Waals surface area contributed by atoms with Crippen LogP contribution in [0.25, 0.3) is 0 Å². The van der Waals surface area contributed by atoms with E-state index in [0.29, 0.717) is 18.4 Å². The molecule has 2 rings (SSSR count). The van der Waals surface area contributed by atoms with Gasteiger partial charge in [-0.25, -0.2) is 0 Å². The van der Waals surface area contributed by atoms with Crippen LogP contribution in [0, 0.1) is 11.8 Å². The van der Waals surface area contributed by atoms with Gasteiger partial charge in [-0.05, 0) is 36.5 Å². The summed E-state index contributed by atoms with van der Waals surface area (Å²) in [5, 5.41) is 41.5. The standard InChI is InChI=1S/C21H27NO6/c1-12(5-3-4-10-23)11-13(2)18(25)16-20(27)17(22-21(16)28)19(26)14-6-8-15(24)9-7-14/h3-4,6-9,12-13,17,19,23-26H,5,10-11H2,1-2H3,(H,22,28)/b4-3+,18-16-/t12-,13-,17-,19-/m0/s1. The summed E-state index contributed by atoms with van der Waals surface area (Å²) in [6.45, 7) is 3.68. The van der Waals surface area contributed by atoms with Gasteiger partial charge in [0.1, 0.15) is 29.2 Å². The molecule has 0 unspecified atom stereocenters. The molecule has 1 fully saturated rings. The van der Waals surface area contributed by atoms with E-state index in [0.717, 1.165) is 0 Å².